The molecule has 1 amide bonds. The van der Waals surface area contributed by atoms with Gasteiger partial charge < -0.3 is 10.1 Å². The van der Waals surface area contributed by atoms with E-state index in [1.807, 2.05) is 27.7 Å². The van der Waals surface area contributed by atoms with Gasteiger partial charge in [-0.15, -0.1) is 0 Å². The second-order valence-corrected chi connectivity index (χ2v) is 5.81. The summed E-state index contributed by atoms with van der Waals surface area (Å²) in [6.07, 6.45) is 2.82. The molecule has 4 heteroatoms. The Morgan fingerprint density at radius 3 is 2.29 bits per heavy atom. The molecule has 0 aromatic heterocycles. The van der Waals surface area contributed by atoms with E-state index in [4.69, 9.17) is 4.74 Å². The number of rotatable bonds is 5. The normalized spacial score (nSPS) is 17.4. The van der Waals surface area contributed by atoms with Crippen molar-refractivity contribution in [3.63, 3.8) is 0 Å². The molecule has 1 aliphatic rings. The minimum atomic E-state index is -0.492. The molecule has 1 N–H and O–H groups in total. The van der Waals surface area contributed by atoms with Gasteiger partial charge in [-0.25, -0.2) is 4.79 Å². The molecular weight excluding hydrogens is 218 g/mol. The van der Waals surface area contributed by atoms with Gasteiger partial charge in [0.15, 0.2) is 0 Å². The molecule has 0 radical (unpaired) electrons. The predicted molar refractivity (Wildman–Crippen MR) is 65.8 cm³/mol. The van der Waals surface area contributed by atoms with E-state index >= 15 is 0 Å². The zero-order valence-electron chi connectivity index (χ0n) is 11.3. The molecule has 0 atom stereocenters. The van der Waals surface area contributed by atoms with Crippen molar-refractivity contribution in [2.45, 2.75) is 59.0 Å². The van der Waals surface area contributed by atoms with E-state index in [0.717, 1.165) is 19.3 Å². The van der Waals surface area contributed by atoms with Crippen LogP contribution in [0.2, 0.25) is 0 Å². The number of amides is 1. The van der Waals surface area contributed by atoms with Crippen LogP contribution in [0.25, 0.3) is 0 Å². The first-order valence-corrected chi connectivity index (χ1v) is 6.29. The van der Waals surface area contributed by atoms with E-state index in [-0.39, 0.29) is 11.2 Å². The number of alkyl carbamates (subject to hydrolysis) is 1. The van der Waals surface area contributed by atoms with Crippen LogP contribution in [0.4, 0.5) is 4.79 Å². The quantitative estimate of drug-likeness (QED) is 0.805. The molecule has 1 fully saturated rings. The first-order chi connectivity index (χ1) is 7.79. The van der Waals surface area contributed by atoms with E-state index in [2.05, 4.69) is 5.32 Å². The molecule has 1 rings (SSSR count). The fourth-order valence-electron chi connectivity index (χ4n) is 1.75. The van der Waals surface area contributed by atoms with E-state index in [9.17, 15) is 9.59 Å². The Balaban J connectivity index is 2.36. The predicted octanol–water partition coefficient (Wildman–Crippen LogP) is 2.66. The summed E-state index contributed by atoms with van der Waals surface area (Å²) in [6.45, 7) is 7.88. The van der Waals surface area contributed by atoms with Crippen LogP contribution >= 0.6 is 0 Å². The molecule has 4 nitrogen and oxygen atoms in total. The molecule has 0 spiro atoms. The van der Waals surface area contributed by atoms with Crippen LogP contribution < -0.4 is 5.32 Å². The Labute approximate surface area is 103 Å². The maximum absolute atomic E-state index is 11.8. The van der Waals surface area contributed by atoms with Gasteiger partial charge in [-0.05, 0) is 40.0 Å². The Kier molecular flexibility index (Phi) is 4.17. The van der Waals surface area contributed by atoms with Gasteiger partial charge in [-0.3, -0.25) is 4.79 Å². The van der Waals surface area contributed by atoms with Crippen molar-refractivity contribution in [2.75, 3.05) is 6.54 Å². The molecule has 98 valence electrons. The molecule has 0 bridgehead atoms. The van der Waals surface area contributed by atoms with Crippen molar-refractivity contribution in [3.05, 3.63) is 0 Å². The number of Topliss-reactive ketones (excluding diaryl/α,β-unsaturated/α-hetero) is 1. The summed E-state index contributed by atoms with van der Waals surface area (Å²) in [6, 6.07) is 0. The number of ether oxygens (including phenoxy) is 1. The lowest BCUT2D eigenvalue weighted by Gasteiger charge is -2.21. The molecule has 0 saturated heterocycles. The van der Waals surface area contributed by atoms with Crippen LogP contribution in [0.1, 0.15) is 53.4 Å². The topological polar surface area (TPSA) is 55.4 Å². The maximum Gasteiger partial charge on any atom is 0.407 e. The third-order valence-electron chi connectivity index (χ3n) is 2.89. The first kappa shape index (κ1) is 14.0. The number of hydrogen-bond donors (Lipinski definition) is 1. The molecule has 0 aromatic rings. The molecule has 1 saturated carbocycles. The largest absolute Gasteiger partial charge is 0.444 e. The van der Waals surface area contributed by atoms with Crippen molar-refractivity contribution in [1.82, 2.24) is 5.32 Å². The minimum absolute atomic E-state index is 0.274. The summed E-state index contributed by atoms with van der Waals surface area (Å²) in [7, 11) is 0. The van der Waals surface area contributed by atoms with E-state index < -0.39 is 11.7 Å². The highest BCUT2D eigenvalue weighted by Crippen LogP contribution is 2.46. The van der Waals surface area contributed by atoms with Gasteiger partial charge in [-0.1, -0.05) is 6.92 Å². The zero-order valence-corrected chi connectivity index (χ0v) is 11.3. The summed E-state index contributed by atoms with van der Waals surface area (Å²) in [5, 5.41) is 2.70. The lowest BCUT2D eigenvalue weighted by molar-refractivity contribution is -0.124. The molecule has 0 aliphatic heterocycles. The Morgan fingerprint density at radius 2 is 1.88 bits per heavy atom. The maximum atomic E-state index is 11.8. The van der Waals surface area contributed by atoms with Crippen molar-refractivity contribution in [3.8, 4) is 0 Å². The lowest BCUT2D eigenvalue weighted by atomic mass is 9.97. The van der Waals surface area contributed by atoms with Gasteiger partial charge in [0.1, 0.15) is 11.4 Å². The molecule has 1 aliphatic carbocycles. The van der Waals surface area contributed by atoms with Crippen LogP contribution in [0.15, 0.2) is 0 Å². The number of carbonyl (C=O) groups excluding carboxylic acids is 2. The van der Waals surface area contributed by atoms with Crippen LogP contribution in [-0.2, 0) is 9.53 Å². The fourth-order valence-corrected chi connectivity index (χ4v) is 1.75. The lowest BCUT2D eigenvalue weighted by Crippen LogP contribution is -2.38. The van der Waals surface area contributed by atoms with Gasteiger partial charge in [0.25, 0.3) is 0 Å². The monoisotopic (exact) mass is 241 g/mol. The second-order valence-electron chi connectivity index (χ2n) is 5.81. The Bertz CT molecular complexity index is 300. The van der Waals surface area contributed by atoms with Crippen LogP contribution in [-0.4, -0.2) is 24.0 Å². The van der Waals surface area contributed by atoms with Crippen molar-refractivity contribution >= 4 is 11.9 Å². The summed E-state index contributed by atoms with van der Waals surface area (Å²) < 4.78 is 5.14. The SMILES string of the molecule is CCCC(=O)C1(CNC(=O)OC(C)(C)C)CC1. The highest BCUT2D eigenvalue weighted by atomic mass is 16.6. The molecular formula is C13H23NO3. The second kappa shape index (κ2) is 5.07. The number of nitrogens with one attached hydrogen (secondary N) is 1. The van der Waals surface area contributed by atoms with Gasteiger partial charge in [-0.2, -0.15) is 0 Å². The number of carbonyl (C=O) groups is 2. The van der Waals surface area contributed by atoms with Crippen molar-refractivity contribution in [2.24, 2.45) is 5.41 Å². The summed E-state index contributed by atoms with van der Waals surface area (Å²) in [5.41, 5.74) is -0.777. The average molecular weight is 241 g/mol. The highest BCUT2D eigenvalue weighted by Gasteiger charge is 2.48. The van der Waals surface area contributed by atoms with E-state index in [1.54, 1.807) is 0 Å². The molecule has 0 unspecified atom stereocenters. The van der Waals surface area contributed by atoms with Gasteiger partial charge in [0.2, 0.25) is 0 Å². The standard InChI is InChI=1S/C13H23NO3/c1-5-6-10(15)13(7-8-13)9-14-11(16)17-12(2,3)4/h5-9H2,1-4H3,(H,14,16). The van der Waals surface area contributed by atoms with Crippen molar-refractivity contribution < 1.29 is 14.3 Å². The van der Waals surface area contributed by atoms with Gasteiger partial charge in [0, 0.05) is 18.4 Å². The average Bonchev–Trinajstić information content (AvgIpc) is 2.93. The van der Waals surface area contributed by atoms with Crippen LogP contribution in [0.5, 0.6) is 0 Å². The third kappa shape index (κ3) is 4.36. The van der Waals surface area contributed by atoms with Gasteiger partial charge in [0.05, 0.1) is 0 Å². The zero-order chi connectivity index (χ0) is 13.1. The summed E-state index contributed by atoms with van der Waals surface area (Å²) in [5.74, 6) is 0.274. The van der Waals surface area contributed by atoms with E-state index in [1.165, 1.54) is 0 Å². The van der Waals surface area contributed by atoms with Gasteiger partial charge >= 0.3 is 6.09 Å². The fraction of sp³-hybridized carbons (Fsp3) is 0.846. The Morgan fingerprint density at radius 1 is 1.29 bits per heavy atom. The van der Waals surface area contributed by atoms with Crippen molar-refractivity contribution in [1.29, 1.82) is 0 Å². The van der Waals surface area contributed by atoms with Crippen LogP contribution in [0, 0.1) is 5.41 Å². The first-order valence-electron chi connectivity index (χ1n) is 6.29. The summed E-state index contributed by atoms with van der Waals surface area (Å²) >= 11 is 0. The molecule has 17 heavy (non-hydrogen) atoms. The highest BCUT2D eigenvalue weighted by molar-refractivity contribution is 5.88. The van der Waals surface area contributed by atoms with E-state index in [0.29, 0.717) is 13.0 Å². The molecule has 0 heterocycles. The number of hydrogen-bond acceptors (Lipinski definition) is 3. The molecule has 0 aromatic carbocycles. The van der Waals surface area contributed by atoms with Crippen LogP contribution in [0.3, 0.4) is 0 Å². The minimum Gasteiger partial charge on any atom is -0.444 e. The smallest absolute Gasteiger partial charge is 0.407 e. The number of ketones is 1. The third-order valence-corrected chi connectivity index (χ3v) is 2.89. The Hall–Kier alpha value is -1.06. The summed E-state index contributed by atoms with van der Waals surface area (Å²) in [4.78, 5) is 23.3.